The highest BCUT2D eigenvalue weighted by atomic mass is 19.3. The van der Waals surface area contributed by atoms with Crippen molar-refractivity contribution in [2.45, 2.75) is 20.5 Å². The van der Waals surface area contributed by atoms with Crippen molar-refractivity contribution in [2.75, 3.05) is 11.9 Å². The van der Waals surface area contributed by atoms with E-state index in [9.17, 15) is 18.4 Å². The molecule has 1 aromatic heterocycles. The van der Waals surface area contributed by atoms with E-state index in [1.165, 1.54) is 41.1 Å². The molecule has 0 atom stereocenters. The lowest BCUT2D eigenvalue weighted by Gasteiger charge is -2.06. The zero-order chi connectivity index (χ0) is 21.7. The highest BCUT2D eigenvalue weighted by molar-refractivity contribution is 6.01. The summed E-state index contributed by atoms with van der Waals surface area (Å²) in [6, 6.07) is 12.0. The molecule has 0 aliphatic heterocycles. The van der Waals surface area contributed by atoms with Crippen LogP contribution in [0.3, 0.4) is 0 Å². The topological polar surface area (TPSA) is 95.3 Å². The van der Waals surface area contributed by atoms with Crippen LogP contribution >= 0.6 is 0 Å². The Morgan fingerprint density at radius 1 is 1.10 bits per heavy atom. The predicted molar refractivity (Wildman–Crippen MR) is 103 cm³/mol. The molecule has 1 heterocycles. The number of hydrogen-bond donors (Lipinski definition) is 1. The van der Waals surface area contributed by atoms with Gasteiger partial charge in [0.1, 0.15) is 11.6 Å². The van der Waals surface area contributed by atoms with E-state index in [0.717, 1.165) is 0 Å². The zero-order valence-electron chi connectivity index (χ0n) is 16.1. The number of halogens is 2. The first-order valence-corrected chi connectivity index (χ1v) is 8.95. The van der Waals surface area contributed by atoms with Crippen molar-refractivity contribution in [3.8, 4) is 11.4 Å². The van der Waals surface area contributed by atoms with E-state index < -0.39 is 18.5 Å². The molecule has 0 aliphatic rings. The second-order valence-electron chi connectivity index (χ2n) is 6.02. The summed E-state index contributed by atoms with van der Waals surface area (Å²) in [4.78, 5) is 28.3. The van der Waals surface area contributed by atoms with Gasteiger partial charge in [-0.3, -0.25) is 4.79 Å². The van der Waals surface area contributed by atoms with E-state index in [2.05, 4.69) is 20.1 Å². The van der Waals surface area contributed by atoms with E-state index in [1.54, 1.807) is 26.0 Å². The van der Waals surface area contributed by atoms with Gasteiger partial charge in [0.25, 0.3) is 5.91 Å². The Morgan fingerprint density at radius 3 is 2.37 bits per heavy atom. The van der Waals surface area contributed by atoms with E-state index in [0.29, 0.717) is 22.8 Å². The van der Waals surface area contributed by atoms with Crippen LogP contribution in [0.25, 0.3) is 5.69 Å². The fourth-order valence-electron chi connectivity index (χ4n) is 2.59. The monoisotopic (exact) mass is 416 g/mol. The Labute approximate surface area is 170 Å². The highest BCUT2D eigenvalue weighted by Gasteiger charge is 2.16. The molecule has 2 aromatic carbocycles. The number of alkyl halides is 2. The van der Waals surface area contributed by atoms with Crippen molar-refractivity contribution in [1.29, 1.82) is 0 Å². The van der Waals surface area contributed by atoms with Gasteiger partial charge in [0, 0.05) is 5.69 Å². The summed E-state index contributed by atoms with van der Waals surface area (Å²) >= 11 is 0. The third kappa shape index (κ3) is 4.96. The molecule has 0 bridgehead atoms. The minimum Gasteiger partial charge on any atom is -0.462 e. The van der Waals surface area contributed by atoms with Crippen molar-refractivity contribution in [3.63, 3.8) is 0 Å². The number of benzene rings is 2. The summed E-state index contributed by atoms with van der Waals surface area (Å²) < 4.78 is 35.1. The lowest BCUT2D eigenvalue weighted by Crippen LogP contribution is -2.14. The summed E-state index contributed by atoms with van der Waals surface area (Å²) in [5, 5.41) is 6.81. The summed E-state index contributed by atoms with van der Waals surface area (Å²) in [5.74, 6) is -0.624. The first kappa shape index (κ1) is 20.9. The number of esters is 1. The maximum Gasteiger partial charge on any atom is 0.387 e. The van der Waals surface area contributed by atoms with Gasteiger partial charge < -0.3 is 14.8 Å². The van der Waals surface area contributed by atoms with E-state index in [-0.39, 0.29) is 18.2 Å². The van der Waals surface area contributed by atoms with Crippen LogP contribution in [-0.2, 0) is 4.74 Å². The second kappa shape index (κ2) is 9.12. The summed E-state index contributed by atoms with van der Waals surface area (Å²) in [7, 11) is 0. The lowest BCUT2D eigenvalue weighted by atomic mass is 10.2. The molecule has 0 fully saturated rings. The average molecular weight is 416 g/mol. The van der Waals surface area contributed by atoms with E-state index in [1.807, 2.05) is 0 Å². The number of carbonyl (C=O) groups is 2. The Morgan fingerprint density at radius 2 is 1.77 bits per heavy atom. The number of aromatic nitrogens is 3. The molecule has 3 rings (SSSR count). The highest BCUT2D eigenvalue weighted by Crippen LogP contribution is 2.18. The van der Waals surface area contributed by atoms with Crippen LogP contribution in [0.1, 0.15) is 33.7 Å². The Balaban J connectivity index is 1.71. The van der Waals surface area contributed by atoms with Crippen LogP contribution in [0.15, 0.2) is 48.5 Å². The minimum absolute atomic E-state index is 0.00995. The molecule has 156 valence electrons. The maximum absolute atomic E-state index is 12.5. The van der Waals surface area contributed by atoms with Crippen LogP contribution in [0.5, 0.6) is 5.75 Å². The lowest BCUT2D eigenvalue weighted by molar-refractivity contribution is -0.0498. The third-order valence-electron chi connectivity index (χ3n) is 3.93. The summed E-state index contributed by atoms with van der Waals surface area (Å²) in [6.07, 6.45) is 0. The molecule has 0 aliphatic carbocycles. The molecule has 10 heteroatoms. The molecule has 3 aromatic rings. The Bertz CT molecular complexity index is 1030. The second-order valence-corrected chi connectivity index (χ2v) is 6.02. The Hall–Kier alpha value is -3.82. The number of aryl methyl sites for hydroxylation is 1. The van der Waals surface area contributed by atoms with Crippen molar-refractivity contribution >= 4 is 17.6 Å². The number of rotatable bonds is 7. The molecule has 0 spiro atoms. The molecule has 8 nitrogen and oxygen atoms in total. The molecule has 0 saturated carbocycles. The van der Waals surface area contributed by atoms with Crippen molar-refractivity contribution < 1.29 is 27.8 Å². The molecule has 0 unspecified atom stereocenters. The average Bonchev–Trinajstić information content (AvgIpc) is 3.11. The number of amides is 1. The van der Waals surface area contributed by atoms with Crippen molar-refractivity contribution in [3.05, 3.63) is 65.7 Å². The van der Waals surface area contributed by atoms with Gasteiger partial charge >= 0.3 is 12.6 Å². The number of nitrogens with zero attached hydrogens (tertiary/aromatic N) is 3. The fraction of sp³-hybridized carbons (Fsp3) is 0.200. The van der Waals surface area contributed by atoms with Crippen molar-refractivity contribution in [1.82, 2.24) is 14.8 Å². The molecule has 30 heavy (non-hydrogen) atoms. The standard InChI is InChI=1S/C20H18F2N4O4/c1-3-29-19(28)13-4-6-14(7-5-13)24-18(27)17-23-12(2)26(25-17)15-8-10-16(11-9-15)30-20(21)22/h4-11,20H,3H2,1-2H3,(H,24,27). The van der Waals surface area contributed by atoms with Gasteiger partial charge in [0.05, 0.1) is 17.9 Å². The molecule has 1 N–H and O–H groups in total. The number of anilines is 1. The van der Waals surface area contributed by atoms with Gasteiger partial charge in [-0.15, -0.1) is 5.10 Å². The quantitative estimate of drug-likeness (QED) is 0.592. The summed E-state index contributed by atoms with van der Waals surface area (Å²) in [6.45, 7) is 0.728. The van der Waals surface area contributed by atoms with Gasteiger partial charge in [-0.25, -0.2) is 14.5 Å². The zero-order valence-corrected chi connectivity index (χ0v) is 16.1. The smallest absolute Gasteiger partial charge is 0.387 e. The molecule has 0 radical (unpaired) electrons. The van der Waals surface area contributed by atoms with Gasteiger partial charge in [0.2, 0.25) is 5.82 Å². The van der Waals surface area contributed by atoms with Gasteiger partial charge in [0.15, 0.2) is 0 Å². The first-order valence-electron chi connectivity index (χ1n) is 8.95. The van der Waals surface area contributed by atoms with Gasteiger partial charge in [-0.05, 0) is 62.4 Å². The van der Waals surface area contributed by atoms with Gasteiger partial charge in [-0.2, -0.15) is 8.78 Å². The number of carbonyl (C=O) groups excluding carboxylic acids is 2. The van der Waals surface area contributed by atoms with Crippen LogP contribution < -0.4 is 10.1 Å². The van der Waals surface area contributed by atoms with Gasteiger partial charge in [-0.1, -0.05) is 0 Å². The fourth-order valence-corrected chi connectivity index (χ4v) is 2.59. The molecule has 0 saturated heterocycles. The molecular weight excluding hydrogens is 398 g/mol. The first-order chi connectivity index (χ1) is 14.4. The normalized spacial score (nSPS) is 10.7. The number of nitrogens with one attached hydrogen (secondary N) is 1. The van der Waals surface area contributed by atoms with Crippen molar-refractivity contribution in [2.24, 2.45) is 0 Å². The SMILES string of the molecule is CCOC(=O)c1ccc(NC(=O)c2nc(C)n(-c3ccc(OC(F)F)cc3)n2)cc1. The van der Waals surface area contributed by atoms with Crippen LogP contribution in [0, 0.1) is 6.92 Å². The van der Waals surface area contributed by atoms with E-state index in [4.69, 9.17) is 4.74 Å². The number of hydrogen-bond acceptors (Lipinski definition) is 6. The molecular formula is C20H18F2N4O4. The minimum atomic E-state index is -2.91. The number of ether oxygens (including phenoxy) is 2. The molecule has 1 amide bonds. The predicted octanol–water partition coefficient (Wildman–Crippen LogP) is 3.61. The largest absolute Gasteiger partial charge is 0.462 e. The van der Waals surface area contributed by atoms with Crippen LogP contribution in [0.2, 0.25) is 0 Å². The van der Waals surface area contributed by atoms with E-state index >= 15 is 0 Å². The van der Waals surface area contributed by atoms with Crippen LogP contribution in [-0.4, -0.2) is 39.9 Å². The maximum atomic E-state index is 12.5. The summed E-state index contributed by atoms with van der Waals surface area (Å²) in [5.41, 5.74) is 1.35. The van der Waals surface area contributed by atoms with Crippen LogP contribution in [0.4, 0.5) is 14.5 Å². The third-order valence-corrected chi connectivity index (χ3v) is 3.93. The Kier molecular flexibility index (Phi) is 6.35.